The van der Waals surface area contributed by atoms with Crippen molar-refractivity contribution in [2.45, 2.75) is 57.9 Å². The molecule has 1 amide bonds. The van der Waals surface area contributed by atoms with Gasteiger partial charge in [0.25, 0.3) is 0 Å². The predicted molar refractivity (Wildman–Crippen MR) is 82.4 cm³/mol. The Morgan fingerprint density at radius 3 is 2.20 bits per heavy atom. The lowest BCUT2D eigenvalue weighted by Gasteiger charge is -2.31. The fourth-order valence-corrected chi connectivity index (χ4v) is 2.67. The molecule has 116 valence electrons. The third-order valence-electron chi connectivity index (χ3n) is 4.66. The van der Waals surface area contributed by atoms with Crippen molar-refractivity contribution in [3.8, 4) is 0 Å². The fourth-order valence-electron chi connectivity index (χ4n) is 2.67. The first-order valence-corrected chi connectivity index (χ1v) is 8.31. The summed E-state index contributed by atoms with van der Waals surface area (Å²) in [5.74, 6) is 1.61. The summed E-state index contributed by atoms with van der Waals surface area (Å²) < 4.78 is 0. The Bertz CT molecular complexity index is 312. The van der Waals surface area contributed by atoms with Crippen LogP contribution in [0.25, 0.3) is 0 Å². The van der Waals surface area contributed by atoms with E-state index in [1.807, 2.05) is 6.92 Å². The van der Waals surface area contributed by atoms with E-state index in [0.29, 0.717) is 0 Å². The molecule has 0 aromatic carbocycles. The molecule has 1 atom stereocenters. The molecule has 0 aromatic heterocycles. The van der Waals surface area contributed by atoms with Crippen LogP contribution in [0.2, 0.25) is 0 Å². The van der Waals surface area contributed by atoms with Crippen LogP contribution in [0.3, 0.4) is 0 Å². The molecule has 20 heavy (non-hydrogen) atoms. The van der Waals surface area contributed by atoms with Crippen LogP contribution in [0.1, 0.15) is 52.4 Å². The average Bonchev–Trinajstić information content (AvgIpc) is 3.29. The van der Waals surface area contributed by atoms with E-state index >= 15 is 0 Å². The number of carbonyl (C=O) groups excluding carboxylic acids is 1. The fraction of sp³-hybridized carbons (Fsp3) is 0.938. The molecular formula is C16H31N3O. The first-order valence-electron chi connectivity index (χ1n) is 8.31. The molecule has 2 aliphatic carbocycles. The van der Waals surface area contributed by atoms with Gasteiger partial charge in [0.2, 0.25) is 5.91 Å². The Kier molecular flexibility index (Phi) is 5.44. The molecule has 0 radical (unpaired) electrons. The standard InChI is InChI=1S/C16H31N3O/c1-3-9-18-16(2,15(17)20)8-10-19(11-13-4-5-13)12-14-6-7-14/h13-14,18H,3-12H2,1-2H3,(H2,17,20). The Morgan fingerprint density at radius 1 is 1.25 bits per heavy atom. The molecule has 1 unspecified atom stereocenters. The molecule has 2 saturated carbocycles. The largest absolute Gasteiger partial charge is 0.368 e. The molecule has 4 heteroatoms. The minimum absolute atomic E-state index is 0.219. The molecule has 0 saturated heterocycles. The Hall–Kier alpha value is -0.610. The second kappa shape index (κ2) is 6.90. The smallest absolute Gasteiger partial charge is 0.237 e. The first kappa shape index (κ1) is 15.8. The Labute approximate surface area is 123 Å². The van der Waals surface area contributed by atoms with E-state index in [1.165, 1.54) is 38.8 Å². The lowest BCUT2D eigenvalue weighted by Crippen LogP contribution is -2.55. The van der Waals surface area contributed by atoms with Gasteiger partial charge < -0.3 is 16.0 Å². The van der Waals surface area contributed by atoms with Gasteiger partial charge in [0, 0.05) is 19.6 Å². The third-order valence-corrected chi connectivity index (χ3v) is 4.66. The zero-order chi connectivity index (χ0) is 14.6. The number of hydrogen-bond acceptors (Lipinski definition) is 3. The predicted octanol–water partition coefficient (Wildman–Crippen LogP) is 1.74. The molecule has 0 bridgehead atoms. The number of hydrogen-bond donors (Lipinski definition) is 2. The second-order valence-electron chi connectivity index (χ2n) is 7.02. The normalized spacial score (nSPS) is 21.9. The summed E-state index contributed by atoms with van der Waals surface area (Å²) in [5.41, 5.74) is 5.05. The van der Waals surface area contributed by atoms with Crippen LogP contribution in [0.5, 0.6) is 0 Å². The van der Waals surface area contributed by atoms with Crippen molar-refractivity contribution in [3.05, 3.63) is 0 Å². The number of amides is 1. The van der Waals surface area contributed by atoms with Gasteiger partial charge in [-0.25, -0.2) is 0 Å². The highest BCUT2D eigenvalue weighted by Gasteiger charge is 2.33. The summed E-state index contributed by atoms with van der Waals surface area (Å²) in [4.78, 5) is 14.3. The Morgan fingerprint density at radius 2 is 1.80 bits per heavy atom. The molecular weight excluding hydrogens is 250 g/mol. The van der Waals surface area contributed by atoms with Crippen LogP contribution in [-0.2, 0) is 4.79 Å². The van der Waals surface area contributed by atoms with Crippen LogP contribution in [0, 0.1) is 11.8 Å². The van der Waals surface area contributed by atoms with Crippen molar-refractivity contribution in [1.82, 2.24) is 10.2 Å². The van der Waals surface area contributed by atoms with E-state index in [2.05, 4.69) is 17.1 Å². The maximum Gasteiger partial charge on any atom is 0.237 e. The summed E-state index contributed by atoms with van der Waals surface area (Å²) in [5, 5.41) is 3.34. The van der Waals surface area contributed by atoms with Crippen LogP contribution >= 0.6 is 0 Å². The number of nitrogens with zero attached hydrogens (tertiary/aromatic N) is 1. The van der Waals surface area contributed by atoms with Crippen LogP contribution in [-0.4, -0.2) is 42.5 Å². The van der Waals surface area contributed by atoms with Crippen molar-refractivity contribution < 1.29 is 4.79 Å². The van der Waals surface area contributed by atoms with E-state index < -0.39 is 5.54 Å². The molecule has 0 aromatic rings. The zero-order valence-corrected chi connectivity index (χ0v) is 13.2. The van der Waals surface area contributed by atoms with Crippen LogP contribution in [0.15, 0.2) is 0 Å². The lowest BCUT2D eigenvalue weighted by molar-refractivity contribution is -0.124. The minimum atomic E-state index is -0.554. The van der Waals surface area contributed by atoms with Gasteiger partial charge in [-0.3, -0.25) is 4.79 Å². The maximum atomic E-state index is 11.7. The number of nitrogens with one attached hydrogen (secondary N) is 1. The molecule has 0 spiro atoms. The highest BCUT2D eigenvalue weighted by Crippen LogP contribution is 2.34. The van der Waals surface area contributed by atoms with Gasteiger partial charge in [0.15, 0.2) is 0 Å². The van der Waals surface area contributed by atoms with E-state index in [-0.39, 0.29) is 5.91 Å². The maximum absolute atomic E-state index is 11.7. The summed E-state index contributed by atoms with van der Waals surface area (Å²) in [6.45, 7) is 8.35. The third kappa shape index (κ3) is 5.06. The topological polar surface area (TPSA) is 58.4 Å². The van der Waals surface area contributed by atoms with Gasteiger partial charge in [-0.2, -0.15) is 0 Å². The molecule has 2 fully saturated rings. The van der Waals surface area contributed by atoms with Gasteiger partial charge >= 0.3 is 0 Å². The lowest BCUT2D eigenvalue weighted by atomic mass is 9.96. The molecule has 3 N–H and O–H groups in total. The second-order valence-corrected chi connectivity index (χ2v) is 7.02. The molecule has 4 nitrogen and oxygen atoms in total. The summed E-state index contributed by atoms with van der Waals surface area (Å²) in [6, 6.07) is 0. The number of carbonyl (C=O) groups is 1. The summed E-state index contributed by atoms with van der Waals surface area (Å²) in [7, 11) is 0. The SMILES string of the molecule is CCCNC(C)(CCN(CC1CC1)CC1CC1)C(N)=O. The van der Waals surface area contributed by atoms with Crippen LogP contribution < -0.4 is 11.1 Å². The van der Waals surface area contributed by atoms with E-state index in [1.54, 1.807) is 0 Å². The van der Waals surface area contributed by atoms with Gasteiger partial charge in [-0.15, -0.1) is 0 Å². The van der Waals surface area contributed by atoms with Gasteiger partial charge in [-0.1, -0.05) is 6.92 Å². The molecule has 0 aliphatic heterocycles. The van der Waals surface area contributed by atoms with Gasteiger partial charge in [0.05, 0.1) is 5.54 Å². The van der Waals surface area contributed by atoms with E-state index in [4.69, 9.17) is 5.73 Å². The van der Waals surface area contributed by atoms with Crippen molar-refractivity contribution in [2.75, 3.05) is 26.2 Å². The average molecular weight is 281 g/mol. The van der Waals surface area contributed by atoms with Crippen molar-refractivity contribution in [2.24, 2.45) is 17.6 Å². The van der Waals surface area contributed by atoms with Crippen molar-refractivity contribution in [1.29, 1.82) is 0 Å². The highest BCUT2D eigenvalue weighted by atomic mass is 16.1. The quantitative estimate of drug-likeness (QED) is 0.606. The number of primary amides is 1. The zero-order valence-electron chi connectivity index (χ0n) is 13.2. The monoisotopic (exact) mass is 281 g/mol. The number of rotatable bonds is 11. The molecule has 0 heterocycles. The Balaban J connectivity index is 1.81. The van der Waals surface area contributed by atoms with E-state index in [9.17, 15) is 4.79 Å². The molecule has 2 aliphatic rings. The van der Waals surface area contributed by atoms with Gasteiger partial charge in [-0.05, 0) is 63.8 Å². The number of nitrogens with two attached hydrogens (primary N) is 1. The summed E-state index contributed by atoms with van der Waals surface area (Å²) in [6.07, 6.45) is 7.41. The highest BCUT2D eigenvalue weighted by molar-refractivity contribution is 5.84. The van der Waals surface area contributed by atoms with Crippen molar-refractivity contribution in [3.63, 3.8) is 0 Å². The van der Waals surface area contributed by atoms with Crippen molar-refractivity contribution >= 4 is 5.91 Å². The minimum Gasteiger partial charge on any atom is -0.368 e. The molecule has 2 rings (SSSR count). The van der Waals surface area contributed by atoms with Gasteiger partial charge in [0.1, 0.15) is 0 Å². The van der Waals surface area contributed by atoms with Crippen LogP contribution in [0.4, 0.5) is 0 Å². The summed E-state index contributed by atoms with van der Waals surface area (Å²) >= 11 is 0. The van der Waals surface area contributed by atoms with E-state index in [0.717, 1.165) is 37.8 Å². The first-order chi connectivity index (χ1) is 9.53.